The van der Waals surface area contributed by atoms with Gasteiger partial charge in [0.1, 0.15) is 0 Å². The fourth-order valence-corrected chi connectivity index (χ4v) is 3.18. The lowest BCUT2D eigenvalue weighted by Crippen LogP contribution is -2.26. The molecule has 0 rings (SSSR count). The van der Waals surface area contributed by atoms with Crippen molar-refractivity contribution in [1.29, 1.82) is 0 Å². The molecule has 0 aromatic carbocycles. The molecule has 3 nitrogen and oxygen atoms in total. The highest BCUT2D eigenvalue weighted by atomic mass is 28.3. The van der Waals surface area contributed by atoms with Gasteiger partial charge in [-0.3, -0.25) is 4.46 Å². The SMILES string of the molecule is CCCC(CCC)O[Si](=O)OC(CCC)CCC. The van der Waals surface area contributed by atoms with Crippen LogP contribution in [0.2, 0.25) is 0 Å². The number of hydrogen-bond acceptors (Lipinski definition) is 3. The molecule has 0 aromatic rings. The Balaban J connectivity index is 4.09. The molecule has 0 bridgehead atoms. The zero-order valence-corrected chi connectivity index (χ0v) is 13.5. The Labute approximate surface area is 114 Å². The van der Waals surface area contributed by atoms with Gasteiger partial charge >= 0.3 is 9.17 Å². The highest BCUT2D eigenvalue weighted by Gasteiger charge is 2.21. The van der Waals surface area contributed by atoms with Crippen molar-refractivity contribution in [3.63, 3.8) is 0 Å². The second-order valence-corrected chi connectivity index (χ2v) is 5.86. The van der Waals surface area contributed by atoms with Gasteiger partial charge in [-0.15, -0.1) is 0 Å². The second kappa shape index (κ2) is 11.7. The molecule has 4 heteroatoms. The summed E-state index contributed by atoms with van der Waals surface area (Å²) in [6, 6.07) is 0. The summed E-state index contributed by atoms with van der Waals surface area (Å²) in [6.07, 6.45) is 8.35. The van der Waals surface area contributed by atoms with Gasteiger partial charge in [0.25, 0.3) is 0 Å². The van der Waals surface area contributed by atoms with Crippen LogP contribution in [0.3, 0.4) is 0 Å². The molecule has 0 amide bonds. The highest BCUT2D eigenvalue weighted by molar-refractivity contribution is 6.26. The van der Waals surface area contributed by atoms with Crippen LogP contribution >= 0.6 is 0 Å². The molecule has 0 aliphatic carbocycles. The maximum absolute atomic E-state index is 11.9. The largest absolute Gasteiger partial charge is 0.767 e. The molecule has 18 heavy (non-hydrogen) atoms. The van der Waals surface area contributed by atoms with Gasteiger partial charge in [0, 0.05) is 0 Å². The third-order valence-corrected chi connectivity index (χ3v) is 4.02. The smallest absolute Gasteiger partial charge is 0.493 e. The normalized spacial score (nSPS) is 11.0. The molecule has 0 saturated carbocycles. The molecule has 0 spiro atoms. The summed E-state index contributed by atoms with van der Waals surface area (Å²) in [4.78, 5) is 0. The molecular formula is C14H30O3Si. The van der Waals surface area contributed by atoms with E-state index in [0.717, 1.165) is 51.4 Å². The third kappa shape index (κ3) is 8.67. The summed E-state index contributed by atoms with van der Waals surface area (Å²) in [5, 5.41) is 0. The lowest BCUT2D eigenvalue weighted by molar-refractivity contribution is 0.0665. The van der Waals surface area contributed by atoms with Crippen LogP contribution in [0.5, 0.6) is 0 Å². The number of rotatable bonds is 12. The number of hydrogen-bond donors (Lipinski definition) is 0. The fraction of sp³-hybridized carbons (Fsp3) is 1.00. The van der Waals surface area contributed by atoms with Crippen molar-refractivity contribution < 1.29 is 13.3 Å². The summed E-state index contributed by atoms with van der Waals surface area (Å²) in [5.41, 5.74) is 0. The maximum Gasteiger partial charge on any atom is 0.767 e. The van der Waals surface area contributed by atoms with Crippen molar-refractivity contribution in [3.8, 4) is 0 Å². The lowest BCUT2D eigenvalue weighted by Gasteiger charge is -2.20. The fourth-order valence-electron chi connectivity index (χ4n) is 2.11. The first-order chi connectivity index (χ1) is 8.67. The Hall–Kier alpha value is -0.383. The van der Waals surface area contributed by atoms with Crippen molar-refractivity contribution in [2.45, 2.75) is 91.3 Å². The van der Waals surface area contributed by atoms with E-state index < -0.39 is 9.17 Å². The summed E-state index contributed by atoms with van der Waals surface area (Å²) >= 11 is 0. The van der Waals surface area contributed by atoms with Crippen LogP contribution in [-0.4, -0.2) is 21.4 Å². The van der Waals surface area contributed by atoms with E-state index in [1.165, 1.54) is 0 Å². The van der Waals surface area contributed by atoms with Gasteiger partial charge in [0.05, 0.1) is 12.2 Å². The minimum absolute atomic E-state index is 0.107. The van der Waals surface area contributed by atoms with E-state index in [4.69, 9.17) is 8.85 Å². The van der Waals surface area contributed by atoms with E-state index >= 15 is 0 Å². The molecule has 0 N–H and O–H groups in total. The second-order valence-electron chi connectivity index (χ2n) is 4.88. The first kappa shape index (κ1) is 17.6. The van der Waals surface area contributed by atoms with E-state index in [-0.39, 0.29) is 12.2 Å². The van der Waals surface area contributed by atoms with Gasteiger partial charge in [0.15, 0.2) is 0 Å². The molecule has 0 saturated heterocycles. The summed E-state index contributed by atoms with van der Waals surface area (Å²) in [6.45, 7) is 8.50. The molecule has 0 fully saturated rings. The molecule has 0 aromatic heterocycles. The van der Waals surface area contributed by atoms with Crippen molar-refractivity contribution >= 4 is 9.17 Å². The Morgan fingerprint density at radius 1 is 0.722 bits per heavy atom. The van der Waals surface area contributed by atoms with Crippen LogP contribution in [0.15, 0.2) is 0 Å². The third-order valence-electron chi connectivity index (χ3n) is 2.97. The van der Waals surface area contributed by atoms with Gasteiger partial charge in [0.2, 0.25) is 0 Å². The molecule has 0 heterocycles. The van der Waals surface area contributed by atoms with Crippen LogP contribution in [0.1, 0.15) is 79.1 Å². The van der Waals surface area contributed by atoms with E-state index in [9.17, 15) is 4.46 Å². The standard InChI is InChI=1S/C14H30O3Si/c1-5-9-13(10-6-2)16-18(15)17-14(11-7-3)12-8-4/h13-14H,5-12H2,1-4H3. The summed E-state index contributed by atoms with van der Waals surface area (Å²) in [7, 11) is -2.32. The van der Waals surface area contributed by atoms with Crippen molar-refractivity contribution in [2.24, 2.45) is 0 Å². The van der Waals surface area contributed by atoms with Crippen LogP contribution in [0.25, 0.3) is 0 Å². The Kier molecular flexibility index (Phi) is 11.4. The maximum atomic E-state index is 11.9. The van der Waals surface area contributed by atoms with Crippen LogP contribution in [0, 0.1) is 0 Å². The predicted molar refractivity (Wildman–Crippen MR) is 75.8 cm³/mol. The predicted octanol–water partition coefficient (Wildman–Crippen LogP) is 4.37. The molecular weight excluding hydrogens is 244 g/mol. The Morgan fingerprint density at radius 2 is 1.00 bits per heavy atom. The minimum atomic E-state index is -2.32. The van der Waals surface area contributed by atoms with Gasteiger partial charge in [-0.1, -0.05) is 53.4 Å². The van der Waals surface area contributed by atoms with E-state index in [0.29, 0.717) is 0 Å². The molecule has 0 atom stereocenters. The average Bonchev–Trinajstić information content (AvgIpc) is 2.30. The van der Waals surface area contributed by atoms with Crippen molar-refractivity contribution in [3.05, 3.63) is 0 Å². The molecule has 108 valence electrons. The highest BCUT2D eigenvalue weighted by Crippen LogP contribution is 2.13. The first-order valence-corrected chi connectivity index (χ1v) is 8.77. The van der Waals surface area contributed by atoms with Crippen LogP contribution in [-0.2, 0) is 13.3 Å². The average molecular weight is 274 g/mol. The van der Waals surface area contributed by atoms with E-state index in [2.05, 4.69) is 27.7 Å². The Morgan fingerprint density at radius 3 is 1.22 bits per heavy atom. The van der Waals surface area contributed by atoms with Gasteiger partial charge in [-0.05, 0) is 25.7 Å². The van der Waals surface area contributed by atoms with Gasteiger partial charge in [-0.2, -0.15) is 0 Å². The van der Waals surface area contributed by atoms with Gasteiger partial charge < -0.3 is 8.85 Å². The van der Waals surface area contributed by atoms with E-state index in [1.807, 2.05) is 0 Å². The Bertz CT molecular complexity index is 177. The van der Waals surface area contributed by atoms with Crippen LogP contribution in [0.4, 0.5) is 0 Å². The topological polar surface area (TPSA) is 35.5 Å². The molecule has 0 aliphatic rings. The monoisotopic (exact) mass is 274 g/mol. The van der Waals surface area contributed by atoms with Crippen molar-refractivity contribution in [1.82, 2.24) is 0 Å². The lowest BCUT2D eigenvalue weighted by atomic mass is 10.1. The summed E-state index contributed by atoms with van der Waals surface area (Å²) in [5.74, 6) is 0. The zero-order chi connectivity index (χ0) is 13.8. The van der Waals surface area contributed by atoms with Crippen LogP contribution < -0.4 is 0 Å². The quantitative estimate of drug-likeness (QED) is 0.496. The molecule has 0 unspecified atom stereocenters. The molecule has 0 aliphatic heterocycles. The van der Waals surface area contributed by atoms with Gasteiger partial charge in [-0.25, -0.2) is 0 Å². The first-order valence-electron chi connectivity index (χ1n) is 7.55. The minimum Gasteiger partial charge on any atom is -0.493 e. The molecule has 0 radical (unpaired) electrons. The zero-order valence-electron chi connectivity index (χ0n) is 12.5. The van der Waals surface area contributed by atoms with Crippen molar-refractivity contribution in [2.75, 3.05) is 0 Å². The summed E-state index contributed by atoms with van der Waals surface area (Å²) < 4.78 is 23.1. The van der Waals surface area contributed by atoms with E-state index in [1.54, 1.807) is 0 Å².